The van der Waals surface area contributed by atoms with E-state index in [4.69, 9.17) is 10.00 Å². The van der Waals surface area contributed by atoms with Crippen LogP contribution in [0.4, 0.5) is 0 Å². The lowest BCUT2D eigenvalue weighted by atomic mass is 9.88. The number of nitrogens with zero attached hydrogens (tertiary/aromatic N) is 3. The molecule has 27 heavy (non-hydrogen) atoms. The molecule has 2 aromatic rings. The van der Waals surface area contributed by atoms with Gasteiger partial charge >= 0.3 is 0 Å². The van der Waals surface area contributed by atoms with E-state index in [1.165, 1.54) is 29.5 Å². The largest absolute Gasteiger partial charge is 0.494 e. The van der Waals surface area contributed by atoms with Crippen LogP contribution in [0.25, 0.3) is 16.1 Å². The fraction of sp³-hybridized carbons (Fsp3) is 0.409. The Morgan fingerprint density at radius 3 is 2.85 bits per heavy atom. The highest BCUT2D eigenvalue weighted by atomic mass is 32.1. The van der Waals surface area contributed by atoms with Gasteiger partial charge in [0, 0.05) is 5.56 Å². The molecule has 0 bridgehead atoms. The van der Waals surface area contributed by atoms with Crippen LogP contribution in [0.3, 0.4) is 0 Å². The van der Waals surface area contributed by atoms with Crippen LogP contribution in [0.2, 0.25) is 0 Å². The quantitative estimate of drug-likeness (QED) is 0.476. The van der Waals surface area contributed by atoms with E-state index >= 15 is 0 Å². The summed E-state index contributed by atoms with van der Waals surface area (Å²) in [6.07, 6.45) is 8.95. The molecule has 1 heterocycles. The number of hydrogen-bond donors (Lipinski definition) is 0. The topological polar surface area (TPSA) is 58.8 Å². The maximum absolute atomic E-state index is 8.95. The maximum Gasteiger partial charge on any atom is 0.148 e. The lowest BCUT2D eigenvalue weighted by Crippen LogP contribution is -2.04. The molecule has 0 saturated carbocycles. The first-order chi connectivity index (χ1) is 13.1. The smallest absolute Gasteiger partial charge is 0.148 e. The molecule has 1 aromatic heterocycles. The summed E-state index contributed by atoms with van der Waals surface area (Å²) in [5, 5.41) is 19.7. The summed E-state index contributed by atoms with van der Waals surface area (Å²) < 4.78 is 5.68. The van der Waals surface area contributed by atoms with Gasteiger partial charge in [-0.1, -0.05) is 35.6 Å². The predicted octanol–water partition coefficient (Wildman–Crippen LogP) is 5.71. The molecular formula is C22H25N3OS. The third kappa shape index (κ3) is 4.84. The first-order valence-electron chi connectivity index (χ1n) is 9.44. The fourth-order valence-corrected chi connectivity index (χ4v) is 4.16. The van der Waals surface area contributed by atoms with E-state index in [0.29, 0.717) is 5.76 Å². The Morgan fingerprint density at radius 2 is 2.07 bits per heavy atom. The molecule has 0 fully saturated rings. The third-order valence-corrected chi connectivity index (χ3v) is 5.64. The van der Waals surface area contributed by atoms with Gasteiger partial charge in [-0.05, 0) is 69.2 Å². The maximum atomic E-state index is 8.95. The van der Waals surface area contributed by atoms with Crippen molar-refractivity contribution in [3.8, 4) is 16.6 Å². The van der Waals surface area contributed by atoms with E-state index in [1.807, 2.05) is 32.9 Å². The molecule has 1 aliphatic carbocycles. The van der Waals surface area contributed by atoms with Gasteiger partial charge in [-0.2, -0.15) is 5.26 Å². The molecule has 0 aliphatic heterocycles. The molecule has 140 valence electrons. The lowest BCUT2D eigenvalue weighted by Gasteiger charge is -2.17. The number of ether oxygens (including phenoxy) is 1. The summed E-state index contributed by atoms with van der Waals surface area (Å²) in [7, 11) is 0. The van der Waals surface area contributed by atoms with Crippen LogP contribution >= 0.6 is 11.3 Å². The summed E-state index contributed by atoms with van der Waals surface area (Å²) in [5.41, 5.74) is 5.14. The second kappa shape index (κ2) is 8.96. The van der Waals surface area contributed by atoms with Crippen LogP contribution in [0.1, 0.15) is 56.2 Å². The van der Waals surface area contributed by atoms with E-state index in [1.54, 1.807) is 11.3 Å². The van der Waals surface area contributed by atoms with Crippen molar-refractivity contribution in [3.05, 3.63) is 52.2 Å². The minimum Gasteiger partial charge on any atom is -0.494 e. The Hall–Kier alpha value is -2.45. The number of rotatable bonds is 6. The van der Waals surface area contributed by atoms with Crippen molar-refractivity contribution in [3.63, 3.8) is 0 Å². The van der Waals surface area contributed by atoms with Crippen molar-refractivity contribution in [2.24, 2.45) is 0 Å². The Bertz CT molecular complexity index is 903. The third-order valence-electron chi connectivity index (χ3n) is 4.55. The molecule has 0 spiro atoms. The average Bonchev–Trinajstić information content (AvgIpc) is 3.15. The Morgan fingerprint density at radius 1 is 1.26 bits per heavy atom. The first-order valence-corrected chi connectivity index (χ1v) is 10.3. The van der Waals surface area contributed by atoms with Crippen molar-refractivity contribution in [1.82, 2.24) is 10.2 Å². The van der Waals surface area contributed by atoms with E-state index in [-0.39, 0.29) is 12.5 Å². The Balaban J connectivity index is 1.84. The van der Waals surface area contributed by atoms with Gasteiger partial charge in [-0.15, -0.1) is 10.2 Å². The van der Waals surface area contributed by atoms with Gasteiger partial charge in [0.15, 0.2) is 0 Å². The minimum atomic E-state index is 0.0516. The van der Waals surface area contributed by atoms with Crippen molar-refractivity contribution in [2.75, 3.05) is 0 Å². The van der Waals surface area contributed by atoms with Crippen LogP contribution in [0.15, 0.2) is 36.1 Å². The Kier molecular flexibility index (Phi) is 6.41. The number of hydrogen-bond acceptors (Lipinski definition) is 5. The first kappa shape index (κ1) is 19.3. The van der Waals surface area contributed by atoms with E-state index < -0.39 is 0 Å². The van der Waals surface area contributed by atoms with Gasteiger partial charge in [0.1, 0.15) is 15.8 Å². The lowest BCUT2D eigenvalue weighted by molar-refractivity contribution is 0.144. The van der Waals surface area contributed by atoms with E-state index in [9.17, 15) is 0 Å². The zero-order valence-electron chi connectivity index (χ0n) is 16.2. The van der Waals surface area contributed by atoms with Crippen molar-refractivity contribution in [1.29, 1.82) is 5.26 Å². The summed E-state index contributed by atoms with van der Waals surface area (Å²) in [6, 6.07) is 8.67. The van der Waals surface area contributed by atoms with Gasteiger partial charge in [-0.25, -0.2) is 0 Å². The molecule has 4 nitrogen and oxygen atoms in total. The average molecular weight is 380 g/mol. The van der Waals surface area contributed by atoms with Gasteiger partial charge in [0.2, 0.25) is 0 Å². The Labute approximate surface area is 165 Å². The zero-order chi connectivity index (χ0) is 19.2. The SMILES string of the molecule is C/C(=C\C=C(/CC#N)OC(C)C)c1nnc(-c2cccc3c2CCCC3)s1. The number of aromatic nitrogens is 2. The summed E-state index contributed by atoms with van der Waals surface area (Å²) in [6.45, 7) is 5.93. The van der Waals surface area contributed by atoms with E-state index in [2.05, 4.69) is 34.5 Å². The number of nitriles is 1. The second-order valence-corrected chi connectivity index (χ2v) is 8.02. The molecule has 1 aromatic carbocycles. The fourth-order valence-electron chi connectivity index (χ4n) is 3.28. The molecule has 5 heteroatoms. The minimum absolute atomic E-state index is 0.0516. The van der Waals surface area contributed by atoms with Gasteiger partial charge in [-0.3, -0.25) is 0 Å². The molecule has 3 rings (SSSR count). The van der Waals surface area contributed by atoms with Crippen LogP contribution in [-0.4, -0.2) is 16.3 Å². The summed E-state index contributed by atoms with van der Waals surface area (Å²) in [4.78, 5) is 0. The molecule has 0 unspecified atom stereocenters. The second-order valence-electron chi connectivity index (χ2n) is 7.05. The van der Waals surface area contributed by atoms with Gasteiger partial charge in [0.25, 0.3) is 0 Å². The van der Waals surface area contributed by atoms with Crippen molar-refractivity contribution >= 4 is 16.9 Å². The van der Waals surface area contributed by atoms with Gasteiger partial charge < -0.3 is 4.74 Å². The highest BCUT2D eigenvalue weighted by molar-refractivity contribution is 7.15. The molecule has 0 atom stereocenters. The molecule has 0 saturated heterocycles. The van der Waals surface area contributed by atoms with Crippen LogP contribution in [0.5, 0.6) is 0 Å². The predicted molar refractivity (Wildman–Crippen MR) is 110 cm³/mol. The highest BCUT2D eigenvalue weighted by Crippen LogP contribution is 2.34. The molecule has 1 aliphatic rings. The van der Waals surface area contributed by atoms with Crippen LogP contribution in [-0.2, 0) is 17.6 Å². The van der Waals surface area contributed by atoms with Crippen LogP contribution in [0, 0.1) is 11.3 Å². The van der Waals surface area contributed by atoms with Gasteiger partial charge in [0.05, 0.1) is 18.6 Å². The normalized spacial score (nSPS) is 14.8. The number of allylic oxidation sites excluding steroid dienone is 4. The van der Waals surface area contributed by atoms with E-state index in [0.717, 1.165) is 28.4 Å². The zero-order valence-corrected chi connectivity index (χ0v) is 17.0. The molecule has 0 amide bonds. The monoisotopic (exact) mass is 379 g/mol. The summed E-state index contributed by atoms with van der Waals surface area (Å²) in [5.74, 6) is 0.675. The number of fused-ring (bicyclic) bond motifs is 1. The highest BCUT2D eigenvalue weighted by Gasteiger charge is 2.17. The standard InChI is InChI=1S/C22H25N3OS/c1-15(2)26-18(13-14-23)12-11-16(3)21-24-25-22(27-21)20-10-6-8-17-7-4-5-9-19(17)20/h6,8,10-12,15H,4-5,7,9,13H2,1-3H3/b16-11+,18-12+. The molecule has 0 N–H and O–H groups in total. The van der Waals surface area contributed by atoms with Crippen LogP contribution < -0.4 is 0 Å². The molecule has 0 radical (unpaired) electrons. The number of benzene rings is 1. The summed E-state index contributed by atoms with van der Waals surface area (Å²) >= 11 is 1.62. The molecular weight excluding hydrogens is 354 g/mol. The van der Waals surface area contributed by atoms with Crippen molar-refractivity contribution in [2.45, 2.75) is 59.0 Å². The number of aryl methyl sites for hydroxylation is 1. The van der Waals surface area contributed by atoms with Crippen molar-refractivity contribution < 1.29 is 4.74 Å².